The second kappa shape index (κ2) is 13.0. The van der Waals surface area contributed by atoms with Crippen molar-refractivity contribution < 1.29 is 0 Å². The highest BCUT2D eigenvalue weighted by Crippen LogP contribution is 2.47. The third-order valence-corrected chi connectivity index (χ3v) is 11.4. The van der Waals surface area contributed by atoms with Gasteiger partial charge in [0.1, 0.15) is 0 Å². The van der Waals surface area contributed by atoms with Crippen molar-refractivity contribution >= 4 is 43.1 Å². The fourth-order valence-corrected chi connectivity index (χ4v) is 8.67. The lowest BCUT2D eigenvalue weighted by atomic mass is 9.83. The molecule has 0 aliphatic carbocycles. The van der Waals surface area contributed by atoms with Crippen LogP contribution in [0.3, 0.4) is 0 Å². The monoisotopic (exact) mass is 686 g/mol. The summed E-state index contributed by atoms with van der Waals surface area (Å²) in [6.45, 7) is 4.40. The second-order valence-corrected chi connectivity index (χ2v) is 14.5. The molecule has 0 amide bonds. The van der Waals surface area contributed by atoms with Gasteiger partial charge in [0.05, 0.1) is 0 Å². The van der Waals surface area contributed by atoms with E-state index in [0.29, 0.717) is 0 Å². The van der Waals surface area contributed by atoms with Crippen molar-refractivity contribution in [2.75, 3.05) is 0 Å². The highest BCUT2D eigenvalue weighted by Gasteiger charge is 2.20. The summed E-state index contributed by atoms with van der Waals surface area (Å²) in [6.07, 6.45) is 0. The fraction of sp³-hybridized carbons (Fsp3) is 0.0370. The number of fused-ring (bicyclic) bond motifs is 4. The Bertz CT molecular complexity index is 2970. The molecule has 0 fully saturated rings. The summed E-state index contributed by atoms with van der Waals surface area (Å²) in [5, 5.41) is 10.1. The molecule has 0 heterocycles. The molecule has 0 aromatic heterocycles. The molecule has 0 spiro atoms. The first kappa shape index (κ1) is 31.9. The first-order valence-corrected chi connectivity index (χ1v) is 18.9. The van der Waals surface area contributed by atoms with Crippen LogP contribution in [0.2, 0.25) is 0 Å². The Kier molecular flexibility index (Phi) is 7.70. The molecule has 0 heteroatoms. The summed E-state index contributed by atoms with van der Waals surface area (Å²) in [4.78, 5) is 0. The van der Waals surface area contributed by atoms with E-state index >= 15 is 0 Å². The van der Waals surface area contributed by atoms with Crippen molar-refractivity contribution in [1.29, 1.82) is 0 Å². The summed E-state index contributed by atoms with van der Waals surface area (Å²) < 4.78 is 0. The normalized spacial score (nSPS) is 11.5. The average Bonchev–Trinajstić information content (AvgIpc) is 3.23. The molecule has 54 heavy (non-hydrogen) atoms. The molecule has 0 nitrogen and oxygen atoms in total. The predicted octanol–water partition coefficient (Wildman–Crippen LogP) is 15.3. The van der Waals surface area contributed by atoms with E-state index in [2.05, 4.69) is 208 Å². The van der Waals surface area contributed by atoms with Crippen LogP contribution in [0, 0.1) is 13.8 Å². The molecule has 0 aliphatic rings. The van der Waals surface area contributed by atoms with Gasteiger partial charge in [0, 0.05) is 0 Å². The van der Waals surface area contributed by atoms with Crippen LogP contribution in [0.4, 0.5) is 0 Å². The average molecular weight is 687 g/mol. The highest BCUT2D eigenvalue weighted by molar-refractivity contribution is 6.23. The molecule has 0 radical (unpaired) electrons. The minimum Gasteiger partial charge on any atom is -0.0622 e. The van der Waals surface area contributed by atoms with E-state index in [1.54, 1.807) is 0 Å². The molecule has 10 aromatic carbocycles. The number of hydrogen-bond donors (Lipinski definition) is 0. The van der Waals surface area contributed by atoms with Crippen LogP contribution in [-0.4, -0.2) is 0 Å². The number of aryl methyl sites for hydroxylation is 2. The van der Waals surface area contributed by atoms with E-state index in [1.165, 1.54) is 110 Å². The van der Waals surface area contributed by atoms with Crippen LogP contribution < -0.4 is 0 Å². The third-order valence-electron chi connectivity index (χ3n) is 11.4. The molecule has 254 valence electrons. The predicted molar refractivity (Wildman–Crippen MR) is 233 cm³/mol. The standard InChI is InChI=1S/C54H38/c1-35-25-26-42(33-36(35)2)54-47-23-13-10-20-44(47)51(45-21-11-14-24-48(45)54)39-27-29-40(30-28-39)52-43-19-9-12-22-46(43)53(38-17-7-4-8-18-38)50-34-41(31-32-49(50)52)37-15-5-3-6-16-37/h3-34H,1-2H3. The summed E-state index contributed by atoms with van der Waals surface area (Å²) >= 11 is 0. The quantitative estimate of drug-likeness (QED) is 0.158. The van der Waals surface area contributed by atoms with Gasteiger partial charge >= 0.3 is 0 Å². The molecule has 0 unspecified atom stereocenters. The Labute approximate surface area is 316 Å². The lowest BCUT2D eigenvalue weighted by molar-refractivity contribution is 1.34. The van der Waals surface area contributed by atoms with Crippen LogP contribution in [0.5, 0.6) is 0 Å². The second-order valence-electron chi connectivity index (χ2n) is 14.5. The lowest BCUT2D eigenvalue weighted by Gasteiger charge is -2.20. The Balaban J connectivity index is 1.21. The SMILES string of the molecule is Cc1ccc(-c2c3ccccc3c(-c3ccc(-c4c5ccccc5c(-c5ccccc5)c5cc(-c6ccccc6)ccc45)cc3)c3ccccc23)cc1C. The van der Waals surface area contributed by atoms with E-state index in [0.717, 1.165) is 0 Å². The Hall–Kier alpha value is -6.76. The lowest BCUT2D eigenvalue weighted by Crippen LogP contribution is -1.93. The molecule has 10 rings (SSSR count). The van der Waals surface area contributed by atoms with E-state index in [1.807, 2.05) is 0 Å². The van der Waals surface area contributed by atoms with Crippen molar-refractivity contribution in [1.82, 2.24) is 0 Å². The Morgan fingerprint density at radius 1 is 0.204 bits per heavy atom. The van der Waals surface area contributed by atoms with Crippen molar-refractivity contribution in [3.8, 4) is 55.6 Å². The molecule has 0 N–H and O–H groups in total. The molecule has 0 atom stereocenters. The number of hydrogen-bond acceptors (Lipinski definition) is 0. The maximum atomic E-state index is 2.40. The smallest absolute Gasteiger partial charge is 0.00262 e. The van der Waals surface area contributed by atoms with Gasteiger partial charge in [0.2, 0.25) is 0 Å². The van der Waals surface area contributed by atoms with Gasteiger partial charge in [0.25, 0.3) is 0 Å². The zero-order valence-electron chi connectivity index (χ0n) is 30.5. The van der Waals surface area contributed by atoms with Crippen LogP contribution in [-0.2, 0) is 0 Å². The van der Waals surface area contributed by atoms with Crippen LogP contribution in [0.1, 0.15) is 11.1 Å². The molecule has 0 saturated heterocycles. The Morgan fingerprint density at radius 3 is 1.00 bits per heavy atom. The van der Waals surface area contributed by atoms with Crippen LogP contribution in [0.25, 0.3) is 98.7 Å². The van der Waals surface area contributed by atoms with Gasteiger partial charge in [-0.25, -0.2) is 0 Å². The summed E-state index contributed by atoms with van der Waals surface area (Å²) in [5.41, 5.74) is 15.1. The first-order chi connectivity index (χ1) is 26.6. The molecule has 0 saturated carbocycles. The zero-order chi connectivity index (χ0) is 36.2. The maximum Gasteiger partial charge on any atom is -0.00262 e. The number of benzene rings is 10. The van der Waals surface area contributed by atoms with E-state index in [-0.39, 0.29) is 0 Å². The van der Waals surface area contributed by atoms with Gasteiger partial charge in [0.15, 0.2) is 0 Å². The third kappa shape index (κ3) is 5.22. The molecule has 0 bridgehead atoms. The number of rotatable bonds is 5. The minimum atomic E-state index is 1.22. The summed E-state index contributed by atoms with van der Waals surface area (Å²) in [7, 11) is 0. The van der Waals surface area contributed by atoms with Crippen molar-refractivity contribution in [2.45, 2.75) is 13.8 Å². The fourth-order valence-electron chi connectivity index (χ4n) is 8.67. The van der Waals surface area contributed by atoms with E-state index < -0.39 is 0 Å². The van der Waals surface area contributed by atoms with E-state index in [9.17, 15) is 0 Å². The van der Waals surface area contributed by atoms with Gasteiger partial charge in [-0.05, 0) is 130 Å². The highest BCUT2D eigenvalue weighted by atomic mass is 14.2. The Morgan fingerprint density at radius 2 is 0.537 bits per heavy atom. The van der Waals surface area contributed by atoms with Gasteiger partial charge in [-0.1, -0.05) is 188 Å². The van der Waals surface area contributed by atoms with Gasteiger partial charge in [-0.15, -0.1) is 0 Å². The van der Waals surface area contributed by atoms with Gasteiger partial charge in [-0.2, -0.15) is 0 Å². The van der Waals surface area contributed by atoms with Gasteiger partial charge in [-0.3, -0.25) is 0 Å². The molecule has 10 aromatic rings. The van der Waals surface area contributed by atoms with Crippen LogP contribution in [0.15, 0.2) is 194 Å². The molecular formula is C54H38. The van der Waals surface area contributed by atoms with Crippen molar-refractivity contribution in [2.24, 2.45) is 0 Å². The van der Waals surface area contributed by atoms with Crippen molar-refractivity contribution in [3.05, 3.63) is 205 Å². The minimum absolute atomic E-state index is 1.22. The largest absolute Gasteiger partial charge is 0.0622 e. The molecular weight excluding hydrogens is 649 g/mol. The van der Waals surface area contributed by atoms with Gasteiger partial charge < -0.3 is 0 Å². The summed E-state index contributed by atoms with van der Waals surface area (Å²) in [6, 6.07) is 71.7. The van der Waals surface area contributed by atoms with Crippen LogP contribution >= 0.6 is 0 Å². The summed E-state index contributed by atoms with van der Waals surface area (Å²) in [5.74, 6) is 0. The zero-order valence-corrected chi connectivity index (χ0v) is 30.5. The first-order valence-electron chi connectivity index (χ1n) is 18.9. The molecule has 0 aliphatic heterocycles. The van der Waals surface area contributed by atoms with E-state index in [4.69, 9.17) is 0 Å². The topological polar surface area (TPSA) is 0 Å². The van der Waals surface area contributed by atoms with Crippen molar-refractivity contribution in [3.63, 3.8) is 0 Å². The maximum absolute atomic E-state index is 2.40.